The van der Waals surface area contributed by atoms with Crippen molar-refractivity contribution >= 4 is 23.3 Å². The minimum atomic E-state index is -0.363. The molecule has 0 unspecified atom stereocenters. The smallest absolute Gasteiger partial charge is 0.326 e. The zero-order valence-corrected chi connectivity index (χ0v) is 17.5. The lowest BCUT2D eigenvalue weighted by atomic mass is 10.0. The number of nitrogens with zero attached hydrogens (tertiary/aromatic N) is 1. The molecule has 30 heavy (non-hydrogen) atoms. The van der Waals surface area contributed by atoms with Crippen molar-refractivity contribution in [3.63, 3.8) is 0 Å². The van der Waals surface area contributed by atoms with Gasteiger partial charge >= 0.3 is 6.03 Å². The molecule has 0 aliphatic heterocycles. The highest BCUT2D eigenvalue weighted by molar-refractivity contribution is 6.01. The highest BCUT2D eigenvalue weighted by atomic mass is 19.1. The Balaban J connectivity index is 1.57. The molecule has 6 heteroatoms. The second kappa shape index (κ2) is 10.8. The van der Waals surface area contributed by atoms with Gasteiger partial charge in [-0.25, -0.2) is 9.18 Å². The van der Waals surface area contributed by atoms with Crippen molar-refractivity contribution in [1.82, 2.24) is 5.32 Å². The summed E-state index contributed by atoms with van der Waals surface area (Å²) in [5.74, 6) is 0.324. The maximum Gasteiger partial charge on any atom is 0.326 e. The SMILES string of the molecule is Cc1cccc(NC(=O)N(CCNC(=O)CCC2CCCC2)c2ccc(F)cc2)c1. The van der Waals surface area contributed by atoms with Crippen LogP contribution in [0.25, 0.3) is 0 Å². The van der Waals surface area contributed by atoms with Crippen molar-refractivity contribution in [2.75, 3.05) is 23.3 Å². The maximum absolute atomic E-state index is 13.3. The largest absolute Gasteiger partial charge is 0.354 e. The van der Waals surface area contributed by atoms with E-state index in [1.54, 1.807) is 12.1 Å². The van der Waals surface area contributed by atoms with Crippen LogP contribution >= 0.6 is 0 Å². The zero-order chi connectivity index (χ0) is 21.3. The van der Waals surface area contributed by atoms with Crippen LogP contribution in [0, 0.1) is 18.7 Å². The zero-order valence-electron chi connectivity index (χ0n) is 17.5. The van der Waals surface area contributed by atoms with E-state index in [0.717, 1.165) is 12.0 Å². The van der Waals surface area contributed by atoms with E-state index in [4.69, 9.17) is 0 Å². The number of hydrogen-bond donors (Lipinski definition) is 2. The summed E-state index contributed by atoms with van der Waals surface area (Å²) in [5.41, 5.74) is 2.30. The first-order chi connectivity index (χ1) is 14.5. The average molecular weight is 412 g/mol. The molecule has 0 atom stereocenters. The van der Waals surface area contributed by atoms with E-state index in [1.165, 1.54) is 42.7 Å². The Bertz CT molecular complexity index is 848. The molecular weight excluding hydrogens is 381 g/mol. The predicted molar refractivity (Wildman–Crippen MR) is 118 cm³/mol. The summed E-state index contributed by atoms with van der Waals surface area (Å²) in [7, 11) is 0. The predicted octanol–water partition coefficient (Wildman–Crippen LogP) is 5.26. The summed E-state index contributed by atoms with van der Waals surface area (Å²) in [6.45, 7) is 2.58. The standard InChI is InChI=1S/C24H30FN3O2/c1-18-5-4-8-21(17-18)27-24(30)28(22-12-10-20(25)11-13-22)16-15-26-23(29)14-9-19-6-2-3-7-19/h4-5,8,10-13,17,19H,2-3,6-7,9,14-16H2,1H3,(H,26,29)(H,27,30). The van der Waals surface area contributed by atoms with Gasteiger partial charge < -0.3 is 10.6 Å². The van der Waals surface area contributed by atoms with Crippen LogP contribution in [0.5, 0.6) is 0 Å². The molecule has 2 aromatic rings. The van der Waals surface area contributed by atoms with Crippen LogP contribution in [0.1, 0.15) is 44.1 Å². The van der Waals surface area contributed by atoms with Gasteiger partial charge in [0.05, 0.1) is 0 Å². The second-order valence-electron chi connectivity index (χ2n) is 7.97. The van der Waals surface area contributed by atoms with E-state index >= 15 is 0 Å². The lowest BCUT2D eigenvalue weighted by Gasteiger charge is -2.23. The van der Waals surface area contributed by atoms with Gasteiger partial charge in [-0.15, -0.1) is 0 Å². The fourth-order valence-corrected chi connectivity index (χ4v) is 3.91. The van der Waals surface area contributed by atoms with Crippen LogP contribution in [0.15, 0.2) is 48.5 Å². The third-order valence-corrected chi connectivity index (χ3v) is 5.56. The second-order valence-corrected chi connectivity index (χ2v) is 7.97. The Kier molecular flexibility index (Phi) is 7.82. The third kappa shape index (κ3) is 6.58. The summed E-state index contributed by atoms with van der Waals surface area (Å²) in [4.78, 5) is 26.6. The lowest BCUT2D eigenvalue weighted by Crippen LogP contribution is -2.41. The molecule has 0 radical (unpaired) electrons. The van der Waals surface area contributed by atoms with Gasteiger partial charge in [0.2, 0.25) is 5.91 Å². The number of rotatable bonds is 8. The number of hydrogen-bond acceptors (Lipinski definition) is 2. The molecule has 1 aliphatic rings. The molecule has 160 valence electrons. The minimum absolute atomic E-state index is 0.0139. The van der Waals surface area contributed by atoms with E-state index in [2.05, 4.69) is 10.6 Å². The van der Waals surface area contributed by atoms with Crippen molar-refractivity contribution in [2.24, 2.45) is 5.92 Å². The maximum atomic E-state index is 13.3. The number of anilines is 2. The van der Waals surface area contributed by atoms with Crippen LogP contribution in [0.2, 0.25) is 0 Å². The van der Waals surface area contributed by atoms with Crippen molar-refractivity contribution in [1.29, 1.82) is 0 Å². The molecule has 1 saturated carbocycles. The molecule has 0 heterocycles. The van der Waals surface area contributed by atoms with Gasteiger partial charge in [0.15, 0.2) is 0 Å². The summed E-state index contributed by atoms with van der Waals surface area (Å²) < 4.78 is 13.3. The molecule has 1 aliphatic carbocycles. The number of carbonyl (C=O) groups is 2. The Labute approximate surface area is 177 Å². The van der Waals surface area contributed by atoms with Crippen LogP contribution in [-0.2, 0) is 4.79 Å². The molecular formula is C24H30FN3O2. The molecule has 0 bridgehead atoms. The van der Waals surface area contributed by atoms with Crippen LogP contribution in [0.4, 0.5) is 20.6 Å². The first kappa shape index (κ1) is 21.8. The molecule has 2 aromatic carbocycles. The molecule has 3 rings (SSSR count). The van der Waals surface area contributed by atoms with E-state index in [-0.39, 0.29) is 17.8 Å². The molecule has 0 saturated heterocycles. The van der Waals surface area contributed by atoms with Crippen molar-refractivity contribution in [3.8, 4) is 0 Å². The van der Waals surface area contributed by atoms with Crippen molar-refractivity contribution < 1.29 is 14.0 Å². The molecule has 0 spiro atoms. The highest BCUT2D eigenvalue weighted by Crippen LogP contribution is 2.28. The van der Waals surface area contributed by atoms with Gasteiger partial charge in [-0.1, -0.05) is 37.8 Å². The van der Waals surface area contributed by atoms with Crippen molar-refractivity contribution in [2.45, 2.75) is 45.4 Å². The molecule has 0 aromatic heterocycles. The Hall–Kier alpha value is -2.89. The fraction of sp³-hybridized carbons (Fsp3) is 0.417. The third-order valence-electron chi connectivity index (χ3n) is 5.56. The first-order valence-corrected chi connectivity index (χ1v) is 10.7. The van der Waals surface area contributed by atoms with E-state index < -0.39 is 0 Å². The number of amides is 3. The molecule has 5 nitrogen and oxygen atoms in total. The number of aryl methyl sites for hydroxylation is 1. The number of benzene rings is 2. The van der Waals surface area contributed by atoms with E-state index in [0.29, 0.717) is 36.8 Å². The van der Waals surface area contributed by atoms with Gasteiger partial charge in [-0.3, -0.25) is 9.69 Å². The van der Waals surface area contributed by atoms with Crippen LogP contribution in [-0.4, -0.2) is 25.0 Å². The quantitative estimate of drug-likeness (QED) is 0.622. The molecule has 2 N–H and O–H groups in total. The Morgan fingerprint density at radius 3 is 2.53 bits per heavy atom. The monoisotopic (exact) mass is 411 g/mol. The average Bonchev–Trinajstić information content (AvgIpc) is 3.24. The van der Waals surface area contributed by atoms with Gasteiger partial charge in [0.1, 0.15) is 5.82 Å². The normalized spacial score (nSPS) is 13.8. The number of carbonyl (C=O) groups excluding carboxylic acids is 2. The molecule has 1 fully saturated rings. The molecule has 3 amide bonds. The summed E-state index contributed by atoms with van der Waals surface area (Å²) >= 11 is 0. The highest BCUT2D eigenvalue weighted by Gasteiger charge is 2.18. The summed E-state index contributed by atoms with van der Waals surface area (Å²) in [5, 5.41) is 5.79. The Morgan fingerprint density at radius 2 is 1.83 bits per heavy atom. The first-order valence-electron chi connectivity index (χ1n) is 10.7. The minimum Gasteiger partial charge on any atom is -0.354 e. The van der Waals surface area contributed by atoms with Gasteiger partial charge in [-0.2, -0.15) is 0 Å². The summed E-state index contributed by atoms with van der Waals surface area (Å²) in [6.07, 6.45) is 6.46. The van der Waals surface area contributed by atoms with Crippen LogP contribution in [0.3, 0.4) is 0 Å². The number of urea groups is 1. The van der Waals surface area contributed by atoms with E-state index in [9.17, 15) is 14.0 Å². The van der Waals surface area contributed by atoms with Crippen LogP contribution < -0.4 is 15.5 Å². The van der Waals surface area contributed by atoms with Gasteiger partial charge in [-0.05, 0) is 61.2 Å². The number of halogens is 1. The number of nitrogens with one attached hydrogen (secondary N) is 2. The summed E-state index contributed by atoms with van der Waals surface area (Å²) in [6, 6.07) is 13.0. The fourth-order valence-electron chi connectivity index (χ4n) is 3.91. The van der Waals surface area contributed by atoms with E-state index in [1.807, 2.05) is 31.2 Å². The lowest BCUT2D eigenvalue weighted by molar-refractivity contribution is -0.121. The topological polar surface area (TPSA) is 61.4 Å². The Morgan fingerprint density at radius 1 is 1.10 bits per heavy atom. The van der Waals surface area contributed by atoms with Gasteiger partial charge in [0, 0.05) is 30.9 Å². The van der Waals surface area contributed by atoms with Crippen molar-refractivity contribution in [3.05, 3.63) is 59.9 Å². The van der Waals surface area contributed by atoms with Gasteiger partial charge in [0.25, 0.3) is 0 Å².